The van der Waals surface area contributed by atoms with Crippen LogP contribution in [0.15, 0.2) is 18.2 Å². The van der Waals surface area contributed by atoms with Crippen LogP contribution in [0.2, 0.25) is 0 Å². The fourth-order valence-electron chi connectivity index (χ4n) is 2.08. The number of amides is 1. The third-order valence-electron chi connectivity index (χ3n) is 3.45. The Morgan fingerprint density at radius 2 is 2.00 bits per heavy atom. The van der Waals surface area contributed by atoms with Crippen molar-refractivity contribution < 1.29 is 4.79 Å². The molecule has 0 bridgehead atoms. The minimum absolute atomic E-state index is 0.0171. The summed E-state index contributed by atoms with van der Waals surface area (Å²) in [6.45, 7) is 7.08. The number of hydrogen-bond donors (Lipinski definition) is 1. The summed E-state index contributed by atoms with van der Waals surface area (Å²) < 4.78 is 1.03. The fraction of sp³-hybridized carbons (Fsp3) is 0.533. The topological polar surface area (TPSA) is 29.1 Å². The van der Waals surface area contributed by atoms with E-state index in [1.54, 1.807) is 0 Å². The van der Waals surface area contributed by atoms with Gasteiger partial charge in [-0.25, -0.2) is 0 Å². The summed E-state index contributed by atoms with van der Waals surface area (Å²) in [5.41, 5.74) is 1.91. The van der Waals surface area contributed by atoms with Gasteiger partial charge in [-0.2, -0.15) is 0 Å². The predicted octanol–water partition coefficient (Wildman–Crippen LogP) is 4.53. The molecule has 4 heteroatoms. The Kier molecular flexibility index (Phi) is 7.36. The van der Waals surface area contributed by atoms with Crippen LogP contribution in [0.4, 0.5) is 0 Å². The molecule has 1 atom stereocenters. The second kappa shape index (κ2) is 8.25. The summed E-state index contributed by atoms with van der Waals surface area (Å²) in [7, 11) is 0. The Bertz CT molecular complexity index is 432. The largest absolute Gasteiger partial charge is 0.351 e. The molecule has 1 aromatic carbocycles. The van der Waals surface area contributed by atoms with Crippen LogP contribution in [0.5, 0.6) is 0 Å². The molecule has 0 heterocycles. The van der Waals surface area contributed by atoms with Crippen molar-refractivity contribution in [1.29, 1.82) is 0 Å². The maximum absolute atomic E-state index is 12.2. The van der Waals surface area contributed by atoms with E-state index in [2.05, 4.69) is 57.7 Å². The molecule has 0 aliphatic rings. The van der Waals surface area contributed by atoms with Gasteiger partial charge in [0.15, 0.2) is 0 Å². The number of alkyl halides is 1. The Hall–Kier alpha value is -0.100. The van der Waals surface area contributed by atoms with E-state index in [9.17, 15) is 4.79 Å². The molecule has 0 aromatic heterocycles. The highest BCUT2D eigenvalue weighted by atomic mass is 127. The molecule has 0 fully saturated rings. The zero-order chi connectivity index (χ0) is 14.4. The summed E-state index contributed by atoms with van der Waals surface area (Å²) in [5, 5.41) is 3.03. The summed E-state index contributed by atoms with van der Waals surface area (Å²) in [6.07, 6.45) is 2.26. The average molecular weight is 438 g/mol. The maximum Gasteiger partial charge on any atom is 0.252 e. The molecule has 0 radical (unpaired) electrons. The van der Waals surface area contributed by atoms with Gasteiger partial charge in [-0.3, -0.25) is 4.79 Å². The van der Waals surface area contributed by atoms with E-state index in [0.717, 1.165) is 27.5 Å². The summed E-state index contributed by atoms with van der Waals surface area (Å²) in [4.78, 5) is 12.5. The van der Waals surface area contributed by atoms with E-state index in [4.69, 9.17) is 0 Å². The number of aryl methyl sites for hydroxylation is 1. The van der Waals surface area contributed by atoms with E-state index in [-0.39, 0.29) is 5.91 Å². The van der Waals surface area contributed by atoms with E-state index < -0.39 is 0 Å². The van der Waals surface area contributed by atoms with Gasteiger partial charge in [0, 0.05) is 14.9 Å². The fourth-order valence-corrected chi connectivity index (χ4v) is 3.59. The first-order valence-electron chi connectivity index (χ1n) is 6.68. The quantitative estimate of drug-likeness (QED) is 0.514. The zero-order valence-corrected chi connectivity index (χ0v) is 15.4. The molecular weight excluding hydrogens is 417 g/mol. The van der Waals surface area contributed by atoms with Crippen LogP contribution >= 0.6 is 38.5 Å². The normalized spacial score (nSPS) is 12.5. The number of rotatable bonds is 6. The van der Waals surface area contributed by atoms with Gasteiger partial charge in [-0.1, -0.05) is 54.8 Å². The molecule has 0 aliphatic carbocycles. The molecule has 1 aromatic rings. The Balaban J connectivity index is 2.63. The van der Waals surface area contributed by atoms with Crippen LogP contribution in [0.3, 0.4) is 0 Å². The van der Waals surface area contributed by atoms with Crippen LogP contribution in [0.1, 0.15) is 42.6 Å². The van der Waals surface area contributed by atoms with Gasteiger partial charge in [0.05, 0.1) is 5.56 Å². The predicted molar refractivity (Wildman–Crippen MR) is 93.0 cm³/mol. The van der Waals surface area contributed by atoms with E-state index in [1.165, 1.54) is 0 Å². The van der Waals surface area contributed by atoms with Crippen LogP contribution in [0, 0.1) is 16.4 Å². The smallest absolute Gasteiger partial charge is 0.252 e. The lowest BCUT2D eigenvalue weighted by atomic mass is 9.99. The molecule has 0 saturated heterocycles. The van der Waals surface area contributed by atoms with Gasteiger partial charge in [0.25, 0.3) is 5.91 Å². The second-order valence-corrected chi connectivity index (χ2v) is 6.99. The SMILES string of the molecule is CCC(CC)C(Br)CNC(=O)c1cccc(C)c1I. The van der Waals surface area contributed by atoms with Crippen molar-refractivity contribution in [2.24, 2.45) is 5.92 Å². The first kappa shape index (κ1) is 17.0. The Labute approximate surface area is 138 Å². The summed E-state index contributed by atoms with van der Waals surface area (Å²) in [6, 6.07) is 5.83. The average Bonchev–Trinajstić information content (AvgIpc) is 2.40. The van der Waals surface area contributed by atoms with E-state index in [0.29, 0.717) is 17.3 Å². The van der Waals surface area contributed by atoms with Gasteiger partial charge in [-0.05, 0) is 47.1 Å². The van der Waals surface area contributed by atoms with Crippen LogP contribution in [-0.2, 0) is 0 Å². The minimum atomic E-state index is 0.0171. The van der Waals surface area contributed by atoms with Gasteiger partial charge in [-0.15, -0.1) is 0 Å². The summed E-state index contributed by atoms with van der Waals surface area (Å²) in [5.74, 6) is 0.625. The van der Waals surface area contributed by atoms with Gasteiger partial charge in [0.1, 0.15) is 0 Å². The molecule has 0 aliphatic heterocycles. The van der Waals surface area contributed by atoms with Crippen molar-refractivity contribution in [3.63, 3.8) is 0 Å². The third kappa shape index (κ3) is 4.74. The number of hydrogen-bond acceptors (Lipinski definition) is 1. The highest BCUT2D eigenvalue weighted by Crippen LogP contribution is 2.20. The molecule has 19 heavy (non-hydrogen) atoms. The lowest BCUT2D eigenvalue weighted by molar-refractivity contribution is 0.0951. The molecular formula is C15H21BrINO. The van der Waals surface area contributed by atoms with Crippen molar-refractivity contribution >= 4 is 44.4 Å². The first-order valence-corrected chi connectivity index (χ1v) is 8.68. The van der Waals surface area contributed by atoms with Crippen molar-refractivity contribution in [2.45, 2.75) is 38.4 Å². The minimum Gasteiger partial charge on any atom is -0.351 e. The lowest BCUT2D eigenvalue weighted by Crippen LogP contribution is -2.33. The monoisotopic (exact) mass is 437 g/mol. The number of halogens is 2. The molecule has 1 rings (SSSR count). The molecule has 106 valence electrons. The van der Waals surface area contributed by atoms with Crippen molar-refractivity contribution in [3.05, 3.63) is 32.9 Å². The second-order valence-electron chi connectivity index (χ2n) is 4.74. The molecule has 0 spiro atoms. The van der Waals surface area contributed by atoms with Crippen molar-refractivity contribution in [3.8, 4) is 0 Å². The van der Waals surface area contributed by atoms with Gasteiger partial charge >= 0.3 is 0 Å². The van der Waals surface area contributed by atoms with Crippen LogP contribution in [0.25, 0.3) is 0 Å². The summed E-state index contributed by atoms with van der Waals surface area (Å²) >= 11 is 5.91. The molecule has 1 unspecified atom stereocenters. The molecule has 1 N–H and O–H groups in total. The molecule has 2 nitrogen and oxygen atoms in total. The lowest BCUT2D eigenvalue weighted by Gasteiger charge is -2.20. The van der Waals surface area contributed by atoms with Gasteiger partial charge in [0.2, 0.25) is 0 Å². The van der Waals surface area contributed by atoms with Gasteiger partial charge < -0.3 is 5.32 Å². The molecule has 0 saturated carbocycles. The molecule has 1 amide bonds. The van der Waals surface area contributed by atoms with E-state index in [1.807, 2.05) is 25.1 Å². The standard InChI is InChI=1S/C15H21BrINO/c1-4-11(5-2)13(16)9-18-15(19)12-8-6-7-10(3)14(12)17/h6-8,11,13H,4-5,9H2,1-3H3,(H,18,19). The van der Waals surface area contributed by atoms with E-state index >= 15 is 0 Å². The number of benzene rings is 1. The Morgan fingerprint density at radius 3 is 2.58 bits per heavy atom. The number of carbonyl (C=O) groups is 1. The maximum atomic E-state index is 12.2. The first-order chi connectivity index (χ1) is 9.01. The number of nitrogens with one attached hydrogen (secondary N) is 1. The van der Waals surface area contributed by atoms with Crippen molar-refractivity contribution in [2.75, 3.05) is 6.54 Å². The van der Waals surface area contributed by atoms with Crippen LogP contribution in [-0.4, -0.2) is 17.3 Å². The highest BCUT2D eigenvalue weighted by molar-refractivity contribution is 14.1. The van der Waals surface area contributed by atoms with Crippen molar-refractivity contribution in [1.82, 2.24) is 5.32 Å². The highest BCUT2D eigenvalue weighted by Gasteiger charge is 2.17. The zero-order valence-electron chi connectivity index (χ0n) is 11.7. The Morgan fingerprint density at radius 1 is 1.37 bits per heavy atom. The third-order valence-corrected chi connectivity index (χ3v) is 5.96. The van der Waals surface area contributed by atoms with Crippen LogP contribution < -0.4 is 5.32 Å². The number of carbonyl (C=O) groups excluding carboxylic acids is 1.